The molecule has 1 amide bonds. The monoisotopic (exact) mass is 285 g/mol. The van der Waals surface area contributed by atoms with Gasteiger partial charge in [0.2, 0.25) is 0 Å². The van der Waals surface area contributed by atoms with E-state index in [9.17, 15) is 4.79 Å². The highest BCUT2D eigenvalue weighted by Gasteiger charge is 2.34. The van der Waals surface area contributed by atoms with Crippen molar-refractivity contribution in [3.8, 4) is 11.8 Å². The zero-order chi connectivity index (χ0) is 15.4. The van der Waals surface area contributed by atoms with Crippen molar-refractivity contribution in [2.24, 2.45) is 0 Å². The van der Waals surface area contributed by atoms with Crippen molar-refractivity contribution in [3.63, 3.8) is 0 Å². The fraction of sp³-hybridized carbons (Fsp3) is 0.500. The van der Waals surface area contributed by atoms with E-state index in [4.69, 9.17) is 5.11 Å². The first-order chi connectivity index (χ1) is 10.1. The summed E-state index contributed by atoms with van der Waals surface area (Å²) in [6, 6.07) is 6.27. The maximum absolute atomic E-state index is 12.9. The van der Waals surface area contributed by atoms with Crippen LogP contribution in [0.5, 0.6) is 0 Å². The van der Waals surface area contributed by atoms with Gasteiger partial charge in [0.15, 0.2) is 0 Å². The van der Waals surface area contributed by atoms with Crippen molar-refractivity contribution in [1.82, 2.24) is 4.90 Å². The van der Waals surface area contributed by atoms with Gasteiger partial charge in [-0.15, -0.1) is 0 Å². The van der Waals surface area contributed by atoms with Crippen LogP contribution in [0.4, 0.5) is 0 Å². The Kier molecular flexibility index (Phi) is 5.03. The van der Waals surface area contributed by atoms with Gasteiger partial charge in [-0.25, -0.2) is 0 Å². The molecular weight excluding hydrogens is 262 g/mol. The number of amides is 1. The second-order valence-corrected chi connectivity index (χ2v) is 5.64. The van der Waals surface area contributed by atoms with Gasteiger partial charge in [-0.2, -0.15) is 0 Å². The summed E-state index contributed by atoms with van der Waals surface area (Å²) in [5.41, 5.74) is 2.44. The van der Waals surface area contributed by atoms with Crippen LogP contribution in [0.25, 0.3) is 0 Å². The Hall–Kier alpha value is -1.79. The third kappa shape index (κ3) is 3.11. The zero-order valence-corrected chi connectivity index (χ0v) is 13.0. The highest BCUT2D eigenvalue weighted by atomic mass is 16.2. The molecule has 2 atom stereocenters. The van der Waals surface area contributed by atoms with Crippen LogP contribution in [0.1, 0.15) is 54.6 Å². The highest BCUT2D eigenvalue weighted by Crippen LogP contribution is 2.29. The van der Waals surface area contributed by atoms with Crippen LogP contribution in [0, 0.1) is 18.8 Å². The summed E-state index contributed by atoms with van der Waals surface area (Å²) in [7, 11) is 0. The molecule has 0 aliphatic carbocycles. The first kappa shape index (κ1) is 15.6. The van der Waals surface area contributed by atoms with Crippen molar-refractivity contribution in [1.29, 1.82) is 0 Å². The van der Waals surface area contributed by atoms with Crippen molar-refractivity contribution >= 4 is 5.91 Å². The van der Waals surface area contributed by atoms with Gasteiger partial charge in [0.25, 0.3) is 5.91 Å². The van der Waals surface area contributed by atoms with E-state index < -0.39 is 0 Å². The Balaban J connectivity index is 2.35. The number of benzene rings is 1. The molecule has 3 nitrogen and oxygen atoms in total. The molecule has 112 valence electrons. The Labute approximate surface area is 127 Å². The summed E-state index contributed by atoms with van der Waals surface area (Å²) >= 11 is 0. The number of rotatable bonds is 2. The quantitative estimate of drug-likeness (QED) is 0.849. The molecule has 1 fully saturated rings. The number of likely N-dealkylation sites (tertiary alicyclic amines) is 1. The van der Waals surface area contributed by atoms with E-state index in [2.05, 4.69) is 25.7 Å². The van der Waals surface area contributed by atoms with Gasteiger partial charge in [0.05, 0.1) is 0 Å². The molecule has 0 radical (unpaired) electrons. The van der Waals surface area contributed by atoms with Crippen molar-refractivity contribution in [3.05, 3.63) is 34.9 Å². The fourth-order valence-electron chi connectivity index (χ4n) is 3.12. The lowest BCUT2D eigenvalue weighted by molar-refractivity contribution is 0.0675. The average molecular weight is 285 g/mol. The highest BCUT2D eigenvalue weighted by molar-refractivity contribution is 5.96. The van der Waals surface area contributed by atoms with E-state index in [0.717, 1.165) is 36.0 Å². The fourth-order valence-corrected chi connectivity index (χ4v) is 3.12. The summed E-state index contributed by atoms with van der Waals surface area (Å²) in [4.78, 5) is 14.9. The van der Waals surface area contributed by atoms with E-state index in [1.54, 1.807) is 0 Å². The van der Waals surface area contributed by atoms with Gasteiger partial charge in [0.1, 0.15) is 6.61 Å². The lowest BCUT2D eigenvalue weighted by atomic mass is 10.0. The minimum Gasteiger partial charge on any atom is -0.384 e. The van der Waals surface area contributed by atoms with Crippen LogP contribution in [0.2, 0.25) is 0 Å². The standard InChI is InChI=1S/C18H23NO2/c1-4-16-11-10-13(2)19(16)18(21)17-9-5-7-15(14(17)3)8-6-12-20/h5,7,9,13,16,20H,4,10-12H2,1-3H3. The first-order valence-electron chi connectivity index (χ1n) is 7.62. The number of aliphatic hydroxyl groups is 1. The third-order valence-electron chi connectivity index (χ3n) is 4.36. The van der Waals surface area contributed by atoms with Crippen LogP contribution in [0.3, 0.4) is 0 Å². The molecule has 1 aliphatic rings. The molecule has 1 saturated heterocycles. The Morgan fingerprint density at radius 1 is 1.43 bits per heavy atom. The molecule has 2 rings (SSSR count). The van der Waals surface area contributed by atoms with E-state index in [0.29, 0.717) is 12.1 Å². The normalized spacial score (nSPS) is 21.0. The number of hydrogen-bond donors (Lipinski definition) is 1. The molecule has 1 aliphatic heterocycles. The SMILES string of the molecule is CCC1CCC(C)N1C(=O)c1cccc(C#CCO)c1C. The maximum Gasteiger partial charge on any atom is 0.254 e. The second-order valence-electron chi connectivity index (χ2n) is 5.64. The summed E-state index contributed by atoms with van der Waals surface area (Å²) in [6.45, 7) is 6.02. The number of carbonyl (C=O) groups excluding carboxylic acids is 1. The lowest BCUT2D eigenvalue weighted by Crippen LogP contribution is -2.40. The van der Waals surface area contributed by atoms with Gasteiger partial charge >= 0.3 is 0 Å². The molecule has 2 unspecified atom stereocenters. The molecule has 21 heavy (non-hydrogen) atoms. The minimum atomic E-state index is -0.168. The van der Waals surface area contributed by atoms with Crippen molar-refractivity contribution in [2.75, 3.05) is 6.61 Å². The van der Waals surface area contributed by atoms with Crippen LogP contribution in [-0.4, -0.2) is 34.6 Å². The third-order valence-corrected chi connectivity index (χ3v) is 4.36. The number of nitrogens with zero attached hydrogens (tertiary/aromatic N) is 1. The number of carbonyl (C=O) groups is 1. The molecule has 1 N–H and O–H groups in total. The largest absolute Gasteiger partial charge is 0.384 e. The summed E-state index contributed by atoms with van der Waals surface area (Å²) in [5, 5.41) is 8.82. The number of aliphatic hydroxyl groups excluding tert-OH is 1. The Morgan fingerprint density at radius 2 is 2.19 bits per heavy atom. The van der Waals surface area contributed by atoms with Gasteiger partial charge in [0, 0.05) is 23.2 Å². The molecule has 1 aromatic carbocycles. The van der Waals surface area contributed by atoms with Crippen LogP contribution >= 0.6 is 0 Å². The van der Waals surface area contributed by atoms with Gasteiger partial charge in [-0.1, -0.05) is 24.8 Å². The second kappa shape index (κ2) is 6.78. The lowest BCUT2D eigenvalue weighted by Gasteiger charge is -2.28. The van der Waals surface area contributed by atoms with Gasteiger partial charge < -0.3 is 10.0 Å². The topological polar surface area (TPSA) is 40.5 Å². The van der Waals surface area contributed by atoms with E-state index in [-0.39, 0.29) is 12.5 Å². The van der Waals surface area contributed by atoms with E-state index >= 15 is 0 Å². The predicted molar refractivity (Wildman–Crippen MR) is 84.1 cm³/mol. The summed E-state index contributed by atoms with van der Waals surface area (Å²) in [6.07, 6.45) is 3.17. The van der Waals surface area contributed by atoms with E-state index in [1.165, 1.54) is 0 Å². The molecule has 0 bridgehead atoms. The van der Waals surface area contributed by atoms with Crippen LogP contribution < -0.4 is 0 Å². The zero-order valence-electron chi connectivity index (χ0n) is 13.0. The van der Waals surface area contributed by atoms with E-state index in [1.807, 2.05) is 30.0 Å². The summed E-state index contributed by atoms with van der Waals surface area (Å²) in [5.74, 6) is 5.67. The minimum absolute atomic E-state index is 0.108. The summed E-state index contributed by atoms with van der Waals surface area (Å²) < 4.78 is 0. The number of hydrogen-bond acceptors (Lipinski definition) is 2. The average Bonchev–Trinajstić information content (AvgIpc) is 2.86. The Morgan fingerprint density at radius 3 is 2.86 bits per heavy atom. The van der Waals surface area contributed by atoms with Crippen molar-refractivity contribution < 1.29 is 9.90 Å². The smallest absolute Gasteiger partial charge is 0.254 e. The first-order valence-corrected chi connectivity index (χ1v) is 7.62. The molecule has 0 spiro atoms. The predicted octanol–water partition coefficient (Wildman–Crippen LogP) is 2.74. The molecule has 3 heteroatoms. The van der Waals surface area contributed by atoms with Crippen LogP contribution in [0.15, 0.2) is 18.2 Å². The molecule has 1 aromatic rings. The molecule has 0 saturated carbocycles. The Bertz CT molecular complexity index is 583. The molecule has 0 aromatic heterocycles. The molecule has 1 heterocycles. The van der Waals surface area contributed by atoms with Gasteiger partial charge in [-0.3, -0.25) is 4.79 Å². The van der Waals surface area contributed by atoms with Gasteiger partial charge in [-0.05, 0) is 50.8 Å². The van der Waals surface area contributed by atoms with Crippen molar-refractivity contribution in [2.45, 2.75) is 52.1 Å². The van der Waals surface area contributed by atoms with Crippen LogP contribution in [-0.2, 0) is 0 Å². The maximum atomic E-state index is 12.9. The molecular formula is C18H23NO2.